The minimum Gasteiger partial charge on any atom is -0.462 e. The molecule has 0 fully saturated rings. The molecule has 0 heterocycles. The minimum absolute atomic E-state index is 0.105. The van der Waals surface area contributed by atoms with Gasteiger partial charge in [-0.1, -0.05) is 299 Å². The molecular formula is C71H138O17P2. The molecule has 4 unspecified atom stereocenters. The van der Waals surface area contributed by atoms with Gasteiger partial charge in [0.15, 0.2) is 12.2 Å². The molecule has 534 valence electrons. The van der Waals surface area contributed by atoms with E-state index in [0.29, 0.717) is 37.5 Å². The van der Waals surface area contributed by atoms with Crippen molar-refractivity contribution in [3.63, 3.8) is 0 Å². The number of esters is 4. The summed E-state index contributed by atoms with van der Waals surface area (Å²) in [5, 5.41) is 10.6. The fourth-order valence-corrected chi connectivity index (χ4v) is 12.2. The molecule has 0 radical (unpaired) electrons. The predicted octanol–water partition coefficient (Wildman–Crippen LogP) is 20.1. The topological polar surface area (TPSA) is 237 Å². The molecule has 0 aromatic heterocycles. The molecule has 6 atom stereocenters. The van der Waals surface area contributed by atoms with Crippen LogP contribution in [-0.4, -0.2) is 96.7 Å². The second-order valence-electron chi connectivity index (χ2n) is 27.3. The van der Waals surface area contributed by atoms with Crippen LogP contribution in [0.3, 0.4) is 0 Å². The molecule has 0 aliphatic rings. The lowest BCUT2D eigenvalue weighted by Gasteiger charge is -2.21. The lowest BCUT2D eigenvalue weighted by molar-refractivity contribution is -0.161. The van der Waals surface area contributed by atoms with Crippen LogP contribution in [0.2, 0.25) is 0 Å². The predicted molar refractivity (Wildman–Crippen MR) is 363 cm³/mol. The molecule has 0 aromatic carbocycles. The average Bonchev–Trinajstić information content (AvgIpc) is 3.53. The Hall–Kier alpha value is -1.94. The van der Waals surface area contributed by atoms with E-state index in [1.807, 2.05) is 0 Å². The van der Waals surface area contributed by atoms with Crippen molar-refractivity contribution in [2.24, 2.45) is 23.7 Å². The first kappa shape index (κ1) is 88.1. The molecule has 0 saturated heterocycles. The number of rotatable bonds is 68. The Labute approximate surface area is 549 Å². The number of phosphoric acid groups is 2. The van der Waals surface area contributed by atoms with E-state index in [4.69, 9.17) is 37.0 Å². The van der Waals surface area contributed by atoms with Crippen molar-refractivity contribution in [3.05, 3.63) is 0 Å². The Balaban J connectivity index is 5.22. The van der Waals surface area contributed by atoms with Crippen LogP contribution in [0.4, 0.5) is 0 Å². The van der Waals surface area contributed by atoms with Gasteiger partial charge in [-0.25, -0.2) is 9.13 Å². The quantitative estimate of drug-likeness (QED) is 0.0222. The number of phosphoric ester groups is 2. The van der Waals surface area contributed by atoms with Crippen molar-refractivity contribution < 1.29 is 80.2 Å². The molecule has 0 amide bonds. The summed E-state index contributed by atoms with van der Waals surface area (Å²) in [5.41, 5.74) is 0. The maximum Gasteiger partial charge on any atom is 0.472 e. The molecule has 0 aromatic rings. The first-order valence-corrected chi connectivity index (χ1v) is 39.7. The van der Waals surface area contributed by atoms with E-state index in [2.05, 4.69) is 55.4 Å². The summed E-state index contributed by atoms with van der Waals surface area (Å²) < 4.78 is 68.3. The van der Waals surface area contributed by atoms with Crippen LogP contribution in [0.1, 0.15) is 351 Å². The molecule has 0 rings (SSSR count). The van der Waals surface area contributed by atoms with Gasteiger partial charge in [-0.2, -0.15) is 0 Å². The van der Waals surface area contributed by atoms with E-state index in [0.717, 1.165) is 115 Å². The standard InChI is InChI=1S/C71H138O17P2/c1-9-64(8)50-42-34-25-19-16-17-21-27-38-46-54-71(76)87-66(57-81-68(73)51-43-35-28-22-24-32-40-48-62(4)5)59-85-89(77,78)83-55-65(72)56-84-90(79,80)86-60-67(58-82-69(74)52-44-36-30-29-33-41-49-63(6)7)88-70(75)53-45-37-26-20-15-13-11-10-12-14-18-23-31-39-47-61(2)3/h61-67,72H,9-60H2,1-8H3,(H,77,78)(H,79,80)/t64?,65?,66-,67-/m1/s1. The molecule has 0 aliphatic heterocycles. The second kappa shape index (κ2) is 60.7. The third kappa shape index (κ3) is 63.5. The summed E-state index contributed by atoms with van der Waals surface area (Å²) in [6.45, 7) is 14.1. The summed E-state index contributed by atoms with van der Waals surface area (Å²) in [7, 11) is -9.90. The summed E-state index contributed by atoms with van der Waals surface area (Å²) in [4.78, 5) is 72.5. The summed E-state index contributed by atoms with van der Waals surface area (Å²) in [5.74, 6) is 0.852. The van der Waals surface area contributed by atoms with Crippen molar-refractivity contribution in [2.75, 3.05) is 39.6 Å². The Bertz CT molecular complexity index is 1780. The first-order valence-electron chi connectivity index (χ1n) is 36.7. The summed E-state index contributed by atoms with van der Waals surface area (Å²) >= 11 is 0. The van der Waals surface area contributed by atoms with Crippen LogP contribution >= 0.6 is 15.6 Å². The van der Waals surface area contributed by atoms with Crippen molar-refractivity contribution in [3.8, 4) is 0 Å². The van der Waals surface area contributed by atoms with Gasteiger partial charge < -0.3 is 33.8 Å². The molecule has 90 heavy (non-hydrogen) atoms. The normalized spacial score (nSPS) is 14.6. The van der Waals surface area contributed by atoms with Gasteiger partial charge in [-0.3, -0.25) is 37.3 Å². The smallest absolute Gasteiger partial charge is 0.462 e. The van der Waals surface area contributed by atoms with Crippen molar-refractivity contribution >= 4 is 39.5 Å². The summed E-state index contributed by atoms with van der Waals surface area (Å²) in [6, 6.07) is 0. The zero-order valence-electron chi connectivity index (χ0n) is 58.8. The Morgan fingerprint density at radius 2 is 0.533 bits per heavy atom. The van der Waals surface area contributed by atoms with Gasteiger partial charge >= 0.3 is 39.5 Å². The van der Waals surface area contributed by atoms with E-state index in [1.54, 1.807) is 0 Å². The lowest BCUT2D eigenvalue weighted by atomic mass is 9.99. The van der Waals surface area contributed by atoms with Gasteiger partial charge in [0.25, 0.3) is 0 Å². The van der Waals surface area contributed by atoms with Crippen LogP contribution in [-0.2, 0) is 65.4 Å². The molecule has 0 aliphatic carbocycles. The highest BCUT2D eigenvalue weighted by molar-refractivity contribution is 7.47. The van der Waals surface area contributed by atoms with Gasteiger partial charge in [0.1, 0.15) is 19.3 Å². The number of hydrogen-bond acceptors (Lipinski definition) is 15. The Morgan fingerprint density at radius 1 is 0.311 bits per heavy atom. The third-order valence-corrected chi connectivity index (χ3v) is 18.6. The highest BCUT2D eigenvalue weighted by atomic mass is 31.2. The maximum atomic E-state index is 13.0. The second-order valence-corrected chi connectivity index (χ2v) is 30.2. The van der Waals surface area contributed by atoms with E-state index in [-0.39, 0.29) is 25.7 Å². The fraction of sp³-hybridized carbons (Fsp3) is 0.944. The van der Waals surface area contributed by atoms with E-state index in [1.165, 1.54) is 141 Å². The molecule has 0 bridgehead atoms. The highest BCUT2D eigenvalue weighted by Crippen LogP contribution is 2.45. The van der Waals surface area contributed by atoms with Crippen LogP contribution < -0.4 is 0 Å². The van der Waals surface area contributed by atoms with Gasteiger partial charge in [-0.15, -0.1) is 0 Å². The number of unbranched alkanes of at least 4 members (excludes halogenated alkanes) is 33. The largest absolute Gasteiger partial charge is 0.472 e. The van der Waals surface area contributed by atoms with Crippen LogP contribution in [0.5, 0.6) is 0 Å². The number of aliphatic hydroxyl groups is 1. The number of carbonyl (C=O) groups excluding carboxylic acids is 4. The zero-order valence-corrected chi connectivity index (χ0v) is 60.6. The number of aliphatic hydroxyl groups excluding tert-OH is 1. The molecule has 3 N–H and O–H groups in total. The van der Waals surface area contributed by atoms with Gasteiger partial charge in [0, 0.05) is 25.7 Å². The zero-order chi connectivity index (χ0) is 66.8. The molecule has 17 nitrogen and oxygen atoms in total. The first-order chi connectivity index (χ1) is 43.1. The lowest BCUT2D eigenvalue weighted by Crippen LogP contribution is -2.30. The molecule has 0 saturated carbocycles. The Morgan fingerprint density at radius 3 is 0.789 bits per heavy atom. The maximum absolute atomic E-state index is 13.0. The monoisotopic (exact) mass is 1320 g/mol. The van der Waals surface area contributed by atoms with Crippen molar-refractivity contribution in [2.45, 2.75) is 369 Å². The number of hydrogen-bond donors (Lipinski definition) is 3. The SMILES string of the molecule is CCC(C)CCCCCCCCCCCCC(=O)O[C@H](COC(=O)CCCCCCCCCC(C)C)COP(=O)(O)OCC(O)COP(=O)(O)OC[C@@H](COC(=O)CCCCCCCCC(C)C)OC(=O)CCCCCCCCCCCCCCCCC(C)C. The van der Waals surface area contributed by atoms with Gasteiger partial charge in [0.2, 0.25) is 0 Å². The minimum atomic E-state index is -4.95. The van der Waals surface area contributed by atoms with Crippen LogP contribution in [0, 0.1) is 23.7 Å². The van der Waals surface area contributed by atoms with E-state index in [9.17, 15) is 43.2 Å². The highest BCUT2D eigenvalue weighted by Gasteiger charge is 2.30. The van der Waals surface area contributed by atoms with E-state index >= 15 is 0 Å². The molecule has 19 heteroatoms. The molecular weight excluding hydrogens is 1190 g/mol. The fourth-order valence-electron chi connectivity index (χ4n) is 10.6. The van der Waals surface area contributed by atoms with Gasteiger partial charge in [-0.05, 0) is 49.4 Å². The van der Waals surface area contributed by atoms with Crippen LogP contribution in [0.15, 0.2) is 0 Å². The molecule has 0 spiro atoms. The van der Waals surface area contributed by atoms with Crippen molar-refractivity contribution in [1.29, 1.82) is 0 Å². The number of carbonyl (C=O) groups is 4. The Kier molecular flexibility index (Phi) is 59.4. The van der Waals surface area contributed by atoms with Crippen LogP contribution in [0.25, 0.3) is 0 Å². The summed E-state index contributed by atoms with van der Waals surface area (Å²) in [6.07, 6.45) is 43.2. The number of ether oxygens (including phenoxy) is 4. The van der Waals surface area contributed by atoms with Crippen molar-refractivity contribution in [1.82, 2.24) is 0 Å². The third-order valence-electron chi connectivity index (χ3n) is 16.7. The average molecular weight is 1330 g/mol. The van der Waals surface area contributed by atoms with Gasteiger partial charge in [0.05, 0.1) is 26.4 Å². The van der Waals surface area contributed by atoms with E-state index < -0.39 is 97.5 Å².